The van der Waals surface area contributed by atoms with E-state index in [1.54, 1.807) is 7.11 Å². The summed E-state index contributed by atoms with van der Waals surface area (Å²) in [6.45, 7) is 0. The second-order valence-corrected chi connectivity index (χ2v) is 7.25. The molecule has 1 saturated heterocycles. The van der Waals surface area contributed by atoms with Gasteiger partial charge >= 0.3 is 0 Å². The van der Waals surface area contributed by atoms with E-state index < -0.39 is 17.7 Å². The molecule has 1 saturated carbocycles. The third-order valence-electron chi connectivity index (χ3n) is 5.70. The van der Waals surface area contributed by atoms with E-state index in [1.165, 1.54) is 25.0 Å². The van der Waals surface area contributed by atoms with Crippen LogP contribution in [-0.4, -0.2) is 30.4 Å². The van der Waals surface area contributed by atoms with Crippen LogP contribution in [0.5, 0.6) is 0 Å². The number of halogens is 2. The maximum atomic E-state index is 13.9. The highest BCUT2D eigenvalue weighted by molar-refractivity contribution is 5.23. The minimum absolute atomic E-state index is 0.0498. The molecule has 0 amide bonds. The van der Waals surface area contributed by atoms with Crippen LogP contribution >= 0.6 is 0 Å². The summed E-state index contributed by atoms with van der Waals surface area (Å²) in [7, 11) is 1.78. The van der Waals surface area contributed by atoms with Crippen LogP contribution in [0.25, 0.3) is 0 Å². The second kappa shape index (κ2) is 7.89. The second-order valence-electron chi connectivity index (χ2n) is 7.25. The smallest absolute Gasteiger partial charge is 0.164 e. The highest BCUT2D eigenvalue weighted by Crippen LogP contribution is 2.34. The molecule has 2 N–H and O–H groups in total. The van der Waals surface area contributed by atoms with Gasteiger partial charge in [-0.2, -0.15) is 0 Å². The maximum Gasteiger partial charge on any atom is 0.164 e. The molecule has 1 heterocycles. The van der Waals surface area contributed by atoms with Gasteiger partial charge in [-0.15, -0.1) is 0 Å². The lowest BCUT2D eigenvalue weighted by Crippen LogP contribution is -2.36. The van der Waals surface area contributed by atoms with Gasteiger partial charge in [0.2, 0.25) is 0 Å². The highest BCUT2D eigenvalue weighted by atomic mass is 19.2. The molecule has 24 heavy (non-hydrogen) atoms. The summed E-state index contributed by atoms with van der Waals surface area (Å²) >= 11 is 0. The molecule has 3 nitrogen and oxygen atoms in total. The Morgan fingerprint density at radius 3 is 2.62 bits per heavy atom. The van der Waals surface area contributed by atoms with Gasteiger partial charge in [-0.05, 0) is 56.9 Å². The third kappa shape index (κ3) is 3.95. The quantitative estimate of drug-likeness (QED) is 0.859. The SMILES string of the molecule is CO[C@H]1CC[C@@H](C[C@@H]2CC[C@H]([C@H](O)c3cccc(F)c3F)N2)CC1. The van der Waals surface area contributed by atoms with E-state index in [9.17, 15) is 13.9 Å². The lowest BCUT2D eigenvalue weighted by molar-refractivity contribution is 0.0538. The molecule has 0 bridgehead atoms. The van der Waals surface area contributed by atoms with Crippen LogP contribution in [0.4, 0.5) is 8.78 Å². The minimum Gasteiger partial charge on any atom is -0.387 e. The topological polar surface area (TPSA) is 41.5 Å². The number of aliphatic hydroxyl groups excluding tert-OH is 1. The summed E-state index contributed by atoms with van der Waals surface area (Å²) in [5.74, 6) is -1.15. The van der Waals surface area contributed by atoms with Gasteiger partial charge in [0, 0.05) is 24.8 Å². The molecular weight excluding hydrogens is 312 g/mol. The van der Waals surface area contributed by atoms with Gasteiger partial charge in [-0.3, -0.25) is 0 Å². The molecule has 0 radical (unpaired) electrons. The van der Waals surface area contributed by atoms with E-state index in [0.717, 1.165) is 38.2 Å². The summed E-state index contributed by atoms with van der Waals surface area (Å²) in [6.07, 6.45) is 6.86. The Balaban J connectivity index is 1.53. The first-order valence-corrected chi connectivity index (χ1v) is 8.99. The molecule has 134 valence electrons. The van der Waals surface area contributed by atoms with Crippen LogP contribution < -0.4 is 5.32 Å². The zero-order valence-electron chi connectivity index (χ0n) is 14.2. The maximum absolute atomic E-state index is 13.9. The van der Waals surface area contributed by atoms with Gasteiger partial charge < -0.3 is 15.2 Å². The van der Waals surface area contributed by atoms with E-state index in [2.05, 4.69) is 5.32 Å². The van der Waals surface area contributed by atoms with Crippen LogP contribution in [0.3, 0.4) is 0 Å². The molecule has 2 aliphatic rings. The molecule has 2 fully saturated rings. The fourth-order valence-corrected chi connectivity index (χ4v) is 4.26. The zero-order valence-corrected chi connectivity index (χ0v) is 14.2. The number of ether oxygens (including phenoxy) is 1. The summed E-state index contributed by atoms with van der Waals surface area (Å²) in [5.41, 5.74) is 0.0498. The largest absolute Gasteiger partial charge is 0.387 e. The van der Waals surface area contributed by atoms with E-state index in [-0.39, 0.29) is 11.6 Å². The predicted octanol–water partition coefficient (Wildman–Crippen LogP) is 3.71. The first-order chi connectivity index (χ1) is 11.6. The van der Waals surface area contributed by atoms with Gasteiger partial charge in [0.1, 0.15) is 0 Å². The molecule has 0 aromatic heterocycles. The first kappa shape index (κ1) is 17.8. The first-order valence-electron chi connectivity index (χ1n) is 8.99. The standard InChI is InChI=1S/C19H27F2NO2/c1-24-14-8-5-12(6-9-14)11-13-7-10-17(22-13)19(23)15-3-2-4-16(20)18(15)21/h2-4,12-14,17,19,22-23H,5-11H2,1H3/t12-,13-,14+,17+,19+/m0/s1. The fraction of sp³-hybridized carbons (Fsp3) is 0.684. The van der Waals surface area contributed by atoms with Crippen molar-refractivity contribution in [1.82, 2.24) is 5.32 Å². The van der Waals surface area contributed by atoms with Crippen molar-refractivity contribution in [3.8, 4) is 0 Å². The van der Waals surface area contributed by atoms with Crippen LogP contribution in [-0.2, 0) is 4.74 Å². The van der Waals surface area contributed by atoms with E-state index in [1.807, 2.05) is 0 Å². The minimum atomic E-state index is -1.00. The third-order valence-corrected chi connectivity index (χ3v) is 5.70. The summed E-state index contributed by atoms with van der Waals surface area (Å²) < 4.78 is 32.6. The van der Waals surface area contributed by atoms with Gasteiger partial charge in [0.25, 0.3) is 0 Å². The molecule has 1 aromatic rings. The molecule has 0 unspecified atom stereocenters. The average Bonchev–Trinajstić information content (AvgIpc) is 3.06. The number of aliphatic hydroxyl groups is 1. The van der Waals surface area contributed by atoms with Crippen molar-refractivity contribution >= 4 is 0 Å². The lowest BCUT2D eigenvalue weighted by Gasteiger charge is -2.29. The van der Waals surface area contributed by atoms with Crippen molar-refractivity contribution in [2.24, 2.45) is 5.92 Å². The number of hydrogen-bond acceptors (Lipinski definition) is 3. The average molecular weight is 339 g/mol. The Hall–Kier alpha value is -1.04. The lowest BCUT2D eigenvalue weighted by atomic mass is 9.83. The molecule has 0 spiro atoms. The molecule has 1 aliphatic heterocycles. The zero-order chi connectivity index (χ0) is 17.1. The Bertz CT molecular complexity index is 546. The van der Waals surface area contributed by atoms with Crippen LogP contribution in [0.1, 0.15) is 56.6 Å². The number of hydrogen-bond donors (Lipinski definition) is 2. The predicted molar refractivity (Wildman–Crippen MR) is 88.6 cm³/mol. The monoisotopic (exact) mass is 339 g/mol. The van der Waals surface area contributed by atoms with E-state index in [0.29, 0.717) is 18.1 Å². The van der Waals surface area contributed by atoms with Gasteiger partial charge in [0.05, 0.1) is 12.2 Å². The summed E-state index contributed by atoms with van der Waals surface area (Å²) in [6, 6.07) is 4.13. The number of nitrogens with one attached hydrogen (secondary N) is 1. The molecule has 1 aliphatic carbocycles. The Morgan fingerprint density at radius 1 is 1.17 bits per heavy atom. The van der Waals surface area contributed by atoms with Gasteiger partial charge in [0.15, 0.2) is 11.6 Å². The van der Waals surface area contributed by atoms with Crippen molar-refractivity contribution in [2.45, 2.75) is 69.2 Å². The Labute approximate surface area is 142 Å². The Kier molecular flexibility index (Phi) is 5.85. The van der Waals surface area contributed by atoms with Crippen LogP contribution in [0.2, 0.25) is 0 Å². The molecular formula is C19H27F2NO2. The highest BCUT2D eigenvalue weighted by Gasteiger charge is 2.33. The van der Waals surface area contributed by atoms with Crippen LogP contribution in [0.15, 0.2) is 18.2 Å². The number of benzene rings is 1. The van der Waals surface area contributed by atoms with Crippen molar-refractivity contribution < 1.29 is 18.6 Å². The van der Waals surface area contributed by atoms with Crippen molar-refractivity contribution in [3.05, 3.63) is 35.4 Å². The summed E-state index contributed by atoms with van der Waals surface area (Å²) in [5, 5.41) is 13.9. The van der Waals surface area contributed by atoms with Crippen molar-refractivity contribution in [1.29, 1.82) is 0 Å². The summed E-state index contributed by atoms with van der Waals surface area (Å²) in [4.78, 5) is 0. The molecule has 3 atom stereocenters. The van der Waals surface area contributed by atoms with E-state index >= 15 is 0 Å². The molecule has 3 rings (SSSR count). The van der Waals surface area contributed by atoms with Gasteiger partial charge in [-0.1, -0.05) is 12.1 Å². The van der Waals surface area contributed by atoms with Crippen molar-refractivity contribution in [3.63, 3.8) is 0 Å². The molecule has 1 aromatic carbocycles. The number of rotatable bonds is 5. The fourth-order valence-electron chi connectivity index (χ4n) is 4.26. The normalized spacial score (nSPS) is 32.0. The van der Waals surface area contributed by atoms with E-state index in [4.69, 9.17) is 4.74 Å². The van der Waals surface area contributed by atoms with Gasteiger partial charge in [-0.25, -0.2) is 8.78 Å². The number of methoxy groups -OCH3 is 1. The molecule has 5 heteroatoms. The Morgan fingerprint density at radius 2 is 1.92 bits per heavy atom. The van der Waals surface area contributed by atoms with Crippen LogP contribution in [0, 0.1) is 17.6 Å². The van der Waals surface area contributed by atoms with Crippen molar-refractivity contribution in [2.75, 3.05) is 7.11 Å².